The van der Waals surface area contributed by atoms with Gasteiger partial charge in [-0.3, -0.25) is 15.4 Å². The minimum absolute atomic E-state index is 0.175. The minimum atomic E-state index is -0.827. The van der Waals surface area contributed by atoms with E-state index < -0.39 is 17.7 Å². The van der Waals surface area contributed by atoms with Crippen molar-refractivity contribution in [3.63, 3.8) is 0 Å². The lowest BCUT2D eigenvalue weighted by molar-refractivity contribution is -0.514. The number of likely N-dealkylation sites (tertiary alicyclic amines) is 1. The Morgan fingerprint density at radius 2 is 1.96 bits per heavy atom. The van der Waals surface area contributed by atoms with Gasteiger partial charge in [0.15, 0.2) is 0 Å². The molecule has 1 heterocycles. The number of amides is 1. The number of carbonyl (C=O) groups is 1. The fourth-order valence-corrected chi connectivity index (χ4v) is 3.07. The molecule has 134 valence electrons. The third kappa shape index (κ3) is 5.25. The second-order valence-electron chi connectivity index (χ2n) is 7.27. The first-order chi connectivity index (χ1) is 11.3. The lowest BCUT2D eigenvalue weighted by Gasteiger charge is -2.32. The van der Waals surface area contributed by atoms with Crippen molar-refractivity contribution in [3.05, 3.63) is 33.7 Å². The summed E-state index contributed by atoms with van der Waals surface area (Å²) in [4.78, 5) is 25.4. The summed E-state index contributed by atoms with van der Waals surface area (Å²) in [7, 11) is 0. The van der Waals surface area contributed by atoms with E-state index in [0.29, 0.717) is 12.1 Å². The lowest BCUT2D eigenvalue weighted by Crippen LogP contribution is -2.39. The summed E-state index contributed by atoms with van der Waals surface area (Å²) >= 11 is 0. The number of rotatable bonds is 3. The molecule has 1 unspecified atom stereocenters. The number of allylic oxidation sites excluding steroid dienone is 2. The van der Waals surface area contributed by atoms with Gasteiger partial charge in [-0.1, -0.05) is 12.2 Å². The summed E-state index contributed by atoms with van der Waals surface area (Å²) in [6.07, 6.45) is 7.24. The topological polar surface area (TPSA) is 84.7 Å². The average molecular weight is 337 g/mol. The Labute approximate surface area is 142 Å². The zero-order chi connectivity index (χ0) is 17.7. The maximum absolute atomic E-state index is 11.9. The van der Waals surface area contributed by atoms with Gasteiger partial charge in [-0.05, 0) is 46.5 Å². The number of carbonyl (C=O) groups excluding carboxylic acids is 1. The van der Waals surface area contributed by atoms with E-state index in [1.807, 2.05) is 12.2 Å². The third-order valence-corrected chi connectivity index (χ3v) is 4.08. The zero-order valence-electron chi connectivity index (χ0n) is 14.7. The quantitative estimate of drug-likeness (QED) is 0.631. The maximum atomic E-state index is 11.9. The molecule has 0 radical (unpaired) electrons. The molecule has 0 aromatic heterocycles. The minimum Gasteiger partial charge on any atom is -0.444 e. The second-order valence-corrected chi connectivity index (χ2v) is 7.27. The Kier molecular flexibility index (Phi) is 5.85. The van der Waals surface area contributed by atoms with Crippen molar-refractivity contribution in [3.8, 4) is 0 Å². The number of nitrogens with one attached hydrogen (secondary N) is 1. The monoisotopic (exact) mass is 337 g/mol. The summed E-state index contributed by atoms with van der Waals surface area (Å²) in [5.41, 5.74) is 0.723. The SMILES string of the molecule is CC(C)(C)OC(=O)NC1=CCC=C(N2CCCCC2)C([N+](=O)[O-])C1. The molecule has 0 bridgehead atoms. The van der Waals surface area contributed by atoms with Crippen LogP contribution in [-0.4, -0.2) is 40.6 Å². The Hall–Kier alpha value is -2.05. The van der Waals surface area contributed by atoms with Crippen LogP contribution in [-0.2, 0) is 4.74 Å². The van der Waals surface area contributed by atoms with Crippen molar-refractivity contribution in [2.75, 3.05) is 13.1 Å². The number of nitro groups is 1. The first-order valence-electron chi connectivity index (χ1n) is 8.54. The number of ether oxygens (including phenoxy) is 1. The summed E-state index contributed by atoms with van der Waals surface area (Å²) in [5, 5.41) is 14.3. The van der Waals surface area contributed by atoms with E-state index in [1.165, 1.54) is 6.42 Å². The molecule has 1 fully saturated rings. The van der Waals surface area contributed by atoms with Crippen molar-refractivity contribution < 1.29 is 14.5 Å². The molecule has 24 heavy (non-hydrogen) atoms. The van der Waals surface area contributed by atoms with Crippen molar-refractivity contribution in [2.45, 2.75) is 64.5 Å². The van der Waals surface area contributed by atoms with Crippen LogP contribution in [0.15, 0.2) is 23.5 Å². The second kappa shape index (κ2) is 7.68. The van der Waals surface area contributed by atoms with Crippen molar-refractivity contribution >= 4 is 6.09 Å². The van der Waals surface area contributed by atoms with Gasteiger partial charge in [0.25, 0.3) is 6.04 Å². The van der Waals surface area contributed by atoms with E-state index in [9.17, 15) is 14.9 Å². The highest BCUT2D eigenvalue weighted by Crippen LogP contribution is 2.26. The molecule has 2 rings (SSSR count). The average Bonchev–Trinajstić information content (AvgIpc) is 2.68. The van der Waals surface area contributed by atoms with Gasteiger partial charge in [0.1, 0.15) is 5.60 Å². The van der Waals surface area contributed by atoms with Crippen LogP contribution >= 0.6 is 0 Å². The highest BCUT2D eigenvalue weighted by atomic mass is 16.6. The van der Waals surface area contributed by atoms with Gasteiger partial charge in [0.05, 0.1) is 12.1 Å². The Morgan fingerprint density at radius 3 is 2.54 bits per heavy atom. The van der Waals surface area contributed by atoms with Gasteiger partial charge < -0.3 is 9.64 Å². The number of alkyl carbamates (subject to hydrolysis) is 1. The molecule has 1 amide bonds. The molecule has 1 aliphatic heterocycles. The Balaban J connectivity index is 2.05. The fourth-order valence-electron chi connectivity index (χ4n) is 3.07. The summed E-state index contributed by atoms with van der Waals surface area (Å²) in [6, 6.07) is -0.827. The van der Waals surface area contributed by atoms with Gasteiger partial charge >= 0.3 is 6.09 Å². The van der Waals surface area contributed by atoms with E-state index in [4.69, 9.17) is 4.74 Å². The predicted octanol–water partition coefficient (Wildman–Crippen LogP) is 3.20. The molecule has 1 aliphatic carbocycles. The number of nitrogens with zero attached hydrogens (tertiary/aromatic N) is 2. The molecule has 7 nitrogen and oxygen atoms in total. The molecular formula is C17H27N3O4. The first kappa shape index (κ1) is 18.3. The van der Waals surface area contributed by atoms with Crippen molar-refractivity contribution in [1.82, 2.24) is 10.2 Å². The standard InChI is InChI=1S/C17H27N3O4/c1-17(2,3)24-16(21)18-13-8-7-9-14(15(12-13)20(22)23)19-10-5-4-6-11-19/h8-9,15H,4-7,10-12H2,1-3H3,(H,18,21). The molecule has 2 aliphatic rings. The highest BCUT2D eigenvalue weighted by Gasteiger charge is 2.33. The molecule has 1 atom stereocenters. The van der Waals surface area contributed by atoms with Gasteiger partial charge in [-0.25, -0.2) is 4.79 Å². The van der Waals surface area contributed by atoms with Crippen LogP contribution in [0.1, 0.15) is 52.9 Å². The van der Waals surface area contributed by atoms with Crippen LogP contribution in [0.3, 0.4) is 0 Å². The molecule has 7 heteroatoms. The molecule has 1 saturated heterocycles. The van der Waals surface area contributed by atoms with Crippen molar-refractivity contribution in [2.24, 2.45) is 0 Å². The molecular weight excluding hydrogens is 310 g/mol. The first-order valence-corrected chi connectivity index (χ1v) is 8.54. The number of hydrogen-bond donors (Lipinski definition) is 1. The number of piperidine rings is 1. The molecule has 0 spiro atoms. The van der Waals surface area contributed by atoms with Crippen LogP contribution in [0.2, 0.25) is 0 Å². The van der Waals surface area contributed by atoms with E-state index in [2.05, 4.69) is 10.2 Å². The van der Waals surface area contributed by atoms with Crippen LogP contribution in [0.5, 0.6) is 0 Å². The Morgan fingerprint density at radius 1 is 1.29 bits per heavy atom. The van der Waals surface area contributed by atoms with Crippen LogP contribution < -0.4 is 5.32 Å². The van der Waals surface area contributed by atoms with Crippen LogP contribution in [0.25, 0.3) is 0 Å². The van der Waals surface area contributed by atoms with Crippen molar-refractivity contribution in [1.29, 1.82) is 0 Å². The zero-order valence-corrected chi connectivity index (χ0v) is 14.7. The Bertz CT molecular complexity index is 543. The molecule has 0 aromatic carbocycles. The lowest BCUT2D eigenvalue weighted by atomic mass is 10.0. The summed E-state index contributed by atoms with van der Waals surface area (Å²) < 4.78 is 5.23. The normalized spacial score (nSPS) is 22.1. The van der Waals surface area contributed by atoms with Crippen LogP contribution in [0, 0.1) is 10.1 Å². The van der Waals surface area contributed by atoms with Gasteiger partial charge in [-0.15, -0.1) is 0 Å². The van der Waals surface area contributed by atoms with Crippen LogP contribution in [0.4, 0.5) is 4.79 Å². The fraction of sp³-hybridized carbons (Fsp3) is 0.706. The predicted molar refractivity (Wildman–Crippen MR) is 91.0 cm³/mol. The third-order valence-electron chi connectivity index (χ3n) is 4.08. The van der Waals surface area contributed by atoms with Gasteiger partial charge in [0, 0.05) is 23.7 Å². The van der Waals surface area contributed by atoms with E-state index in [0.717, 1.165) is 31.6 Å². The maximum Gasteiger partial charge on any atom is 0.411 e. The van der Waals surface area contributed by atoms with E-state index in [-0.39, 0.29) is 11.3 Å². The van der Waals surface area contributed by atoms with E-state index in [1.54, 1.807) is 20.8 Å². The molecule has 0 aromatic rings. The van der Waals surface area contributed by atoms with Gasteiger partial charge in [-0.2, -0.15) is 0 Å². The number of hydrogen-bond acceptors (Lipinski definition) is 5. The highest BCUT2D eigenvalue weighted by molar-refractivity contribution is 5.70. The summed E-state index contributed by atoms with van der Waals surface area (Å²) in [5.74, 6) is 0. The molecule has 1 N–H and O–H groups in total. The van der Waals surface area contributed by atoms with Gasteiger partial charge in [0.2, 0.25) is 0 Å². The van der Waals surface area contributed by atoms with E-state index >= 15 is 0 Å². The largest absolute Gasteiger partial charge is 0.444 e. The summed E-state index contributed by atoms with van der Waals surface area (Å²) in [6.45, 7) is 7.08. The molecule has 0 saturated carbocycles. The smallest absolute Gasteiger partial charge is 0.411 e.